The molecule has 0 amide bonds. The van der Waals surface area contributed by atoms with E-state index in [0.29, 0.717) is 0 Å². The van der Waals surface area contributed by atoms with Gasteiger partial charge in [0.05, 0.1) is 5.69 Å². The number of nitrogens with zero attached hydrogens (tertiary/aromatic N) is 5. The molecular formula is C12H20N6S. The Morgan fingerprint density at radius 3 is 2.58 bits per heavy atom. The Labute approximate surface area is 117 Å². The second-order valence-corrected chi connectivity index (χ2v) is 5.49. The van der Waals surface area contributed by atoms with Gasteiger partial charge in [-0.05, 0) is 33.1 Å². The van der Waals surface area contributed by atoms with Crippen LogP contribution in [0.15, 0.2) is 0 Å². The summed E-state index contributed by atoms with van der Waals surface area (Å²) in [5, 5.41) is 6.87. The molecule has 2 aromatic heterocycles. The molecule has 104 valence electrons. The third kappa shape index (κ3) is 1.97. The van der Waals surface area contributed by atoms with Crippen molar-refractivity contribution in [3.05, 3.63) is 10.5 Å². The van der Waals surface area contributed by atoms with E-state index in [1.807, 2.05) is 11.6 Å². The zero-order valence-corrected chi connectivity index (χ0v) is 12.5. The third-order valence-corrected chi connectivity index (χ3v) is 4.06. The molecule has 1 N–H and O–H groups in total. The van der Waals surface area contributed by atoms with Crippen LogP contribution in [0.4, 0.5) is 0 Å². The van der Waals surface area contributed by atoms with Gasteiger partial charge in [0.1, 0.15) is 5.52 Å². The zero-order valence-electron chi connectivity index (χ0n) is 11.7. The molecule has 0 aliphatic carbocycles. The minimum atomic E-state index is 0.766. The van der Waals surface area contributed by atoms with Crippen LogP contribution in [0.5, 0.6) is 0 Å². The molecule has 1 aliphatic rings. The largest absolute Gasteiger partial charge is 0.326 e. The van der Waals surface area contributed by atoms with Crippen molar-refractivity contribution in [1.82, 2.24) is 24.3 Å². The number of likely N-dealkylation sites (N-methyl/N-ethyl adjacent to an activating group) is 1. The van der Waals surface area contributed by atoms with Crippen LogP contribution in [0, 0.1) is 11.7 Å². The van der Waals surface area contributed by atoms with E-state index in [0.717, 1.165) is 54.4 Å². The smallest absolute Gasteiger partial charge is 0.198 e. The lowest BCUT2D eigenvalue weighted by molar-refractivity contribution is 0.287. The summed E-state index contributed by atoms with van der Waals surface area (Å²) in [6.07, 6.45) is 0. The molecule has 0 unspecified atom stereocenters. The van der Waals surface area contributed by atoms with Crippen LogP contribution in [-0.2, 0) is 6.54 Å². The van der Waals surface area contributed by atoms with E-state index in [4.69, 9.17) is 12.2 Å². The Morgan fingerprint density at radius 2 is 1.95 bits per heavy atom. The number of aromatic amines is 1. The molecular weight excluding hydrogens is 260 g/mol. The standard InChI is InChI=1S/C12H20N6S/c1-4-17-11-10(9(2)14-17)13-12(19)18(11)16-7-5-15(3)6-8-16/h4-8H2,1-3H3,(H,13,19). The maximum absolute atomic E-state index is 5.50. The van der Waals surface area contributed by atoms with Crippen molar-refractivity contribution < 1.29 is 0 Å². The summed E-state index contributed by atoms with van der Waals surface area (Å²) in [4.78, 5) is 5.64. The van der Waals surface area contributed by atoms with Crippen LogP contribution in [0.3, 0.4) is 0 Å². The highest BCUT2D eigenvalue weighted by Gasteiger charge is 2.20. The summed E-state index contributed by atoms with van der Waals surface area (Å²) in [7, 11) is 2.16. The molecule has 0 bridgehead atoms. The van der Waals surface area contributed by atoms with Gasteiger partial charge in [-0.2, -0.15) is 5.10 Å². The minimum absolute atomic E-state index is 0.766. The number of hydrogen-bond donors (Lipinski definition) is 1. The fourth-order valence-electron chi connectivity index (χ4n) is 2.67. The molecule has 3 heterocycles. The molecule has 1 saturated heterocycles. The normalized spacial score (nSPS) is 17.5. The van der Waals surface area contributed by atoms with Crippen molar-refractivity contribution in [1.29, 1.82) is 0 Å². The van der Waals surface area contributed by atoms with Crippen molar-refractivity contribution >= 4 is 23.4 Å². The number of piperazine rings is 1. The van der Waals surface area contributed by atoms with E-state index in [-0.39, 0.29) is 0 Å². The van der Waals surface area contributed by atoms with Gasteiger partial charge in [0.25, 0.3) is 0 Å². The van der Waals surface area contributed by atoms with Crippen molar-refractivity contribution in [3.63, 3.8) is 0 Å². The number of fused-ring (bicyclic) bond motifs is 1. The van der Waals surface area contributed by atoms with Gasteiger partial charge < -0.3 is 14.9 Å². The van der Waals surface area contributed by atoms with Crippen LogP contribution in [0.1, 0.15) is 12.6 Å². The highest BCUT2D eigenvalue weighted by atomic mass is 32.1. The van der Waals surface area contributed by atoms with Gasteiger partial charge in [-0.15, -0.1) is 0 Å². The number of nitrogens with one attached hydrogen (secondary N) is 1. The van der Waals surface area contributed by atoms with Crippen molar-refractivity contribution in [3.8, 4) is 0 Å². The second kappa shape index (κ2) is 4.64. The van der Waals surface area contributed by atoms with Gasteiger partial charge in [-0.1, -0.05) is 0 Å². The Balaban J connectivity index is 2.12. The summed E-state index contributed by atoms with van der Waals surface area (Å²) in [6, 6.07) is 0. The first-order chi connectivity index (χ1) is 9.11. The molecule has 19 heavy (non-hydrogen) atoms. The highest BCUT2D eigenvalue weighted by molar-refractivity contribution is 7.71. The third-order valence-electron chi connectivity index (χ3n) is 3.79. The van der Waals surface area contributed by atoms with Crippen molar-refractivity contribution in [2.45, 2.75) is 20.4 Å². The first-order valence-electron chi connectivity index (χ1n) is 6.73. The van der Waals surface area contributed by atoms with Crippen LogP contribution < -0.4 is 5.01 Å². The maximum atomic E-state index is 5.50. The average molecular weight is 280 g/mol. The minimum Gasteiger partial charge on any atom is -0.326 e. The lowest BCUT2D eigenvalue weighted by Crippen LogP contribution is -2.50. The van der Waals surface area contributed by atoms with Gasteiger partial charge in [0, 0.05) is 32.7 Å². The molecule has 0 spiro atoms. The molecule has 3 rings (SSSR count). The van der Waals surface area contributed by atoms with Crippen LogP contribution in [-0.4, -0.2) is 57.6 Å². The fraction of sp³-hybridized carbons (Fsp3) is 0.667. The van der Waals surface area contributed by atoms with E-state index in [1.54, 1.807) is 0 Å². The van der Waals surface area contributed by atoms with E-state index in [2.05, 4.69) is 38.6 Å². The number of aromatic nitrogens is 4. The first-order valence-corrected chi connectivity index (χ1v) is 7.14. The zero-order chi connectivity index (χ0) is 13.6. The summed E-state index contributed by atoms with van der Waals surface area (Å²) >= 11 is 5.50. The second-order valence-electron chi connectivity index (χ2n) is 5.10. The number of imidazole rings is 1. The molecule has 0 aromatic carbocycles. The molecule has 0 radical (unpaired) electrons. The van der Waals surface area contributed by atoms with Crippen molar-refractivity contribution in [2.75, 3.05) is 38.2 Å². The lowest BCUT2D eigenvalue weighted by Gasteiger charge is -2.34. The van der Waals surface area contributed by atoms with Crippen molar-refractivity contribution in [2.24, 2.45) is 0 Å². The van der Waals surface area contributed by atoms with E-state index in [9.17, 15) is 0 Å². The predicted molar refractivity (Wildman–Crippen MR) is 78.8 cm³/mol. The predicted octanol–water partition coefficient (Wildman–Crippen LogP) is 1.11. The monoisotopic (exact) mass is 280 g/mol. The molecule has 1 aliphatic heterocycles. The fourth-order valence-corrected chi connectivity index (χ4v) is 2.97. The molecule has 6 nitrogen and oxygen atoms in total. The Bertz CT molecular complexity index is 643. The Morgan fingerprint density at radius 1 is 1.26 bits per heavy atom. The van der Waals surface area contributed by atoms with E-state index < -0.39 is 0 Å². The number of hydrogen-bond acceptors (Lipinski definition) is 4. The Kier molecular flexibility index (Phi) is 3.10. The molecule has 0 atom stereocenters. The lowest BCUT2D eigenvalue weighted by atomic mass is 10.4. The summed E-state index contributed by atoms with van der Waals surface area (Å²) < 4.78 is 4.92. The van der Waals surface area contributed by atoms with Crippen LogP contribution in [0.2, 0.25) is 0 Å². The number of H-pyrrole nitrogens is 1. The molecule has 1 fully saturated rings. The van der Waals surface area contributed by atoms with Gasteiger partial charge in [0.2, 0.25) is 0 Å². The summed E-state index contributed by atoms with van der Waals surface area (Å²) in [5.74, 6) is 0. The van der Waals surface area contributed by atoms with E-state index in [1.165, 1.54) is 0 Å². The number of aryl methyl sites for hydroxylation is 2. The highest BCUT2D eigenvalue weighted by Crippen LogP contribution is 2.18. The topological polar surface area (TPSA) is 45.0 Å². The number of rotatable bonds is 2. The van der Waals surface area contributed by atoms with E-state index >= 15 is 0 Å². The SMILES string of the molecule is CCn1nc(C)c2[nH]c(=S)n(N3CCN(C)CC3)c21. The Hall–Kier alpha value is -1.34. The molecule has 2 aromatic rings. The quantitative estimate of drug-likeness (QED) is 0.837. The molecule has 7 heteroatoms. The average Bonchev–Trinajstić information content (AvgIpc) is 2.88. The first kappa shape index (κ1) is 12.7. The van der Waals surface area contributed by atoms with Gasteiger partial charge in [-0.3, -0.25) is 0 Å². The van der Waals surface area contributed by atoms with Gasteiger partial charge >= 0.3 is 0 Å². The van der Waals surface area contributed by atoms with Crippen LogP contribution in [0.25, 0.3) is 11.2 Å². The summed E-state index contributed by atoms with van der Waals surface area (Å²) in [6.45, 7) is 9.09. The van der Waals surface area contributed by atoms with Gasteiger partial charge in [-0.25, -0.2) is 9.36 Å². The maximum Gasteiger partial charge on any atom is 0.198 e. The van der Waals surface area contributed by atoms with Gasteiger partial charge in [0.15, 0.2) is 10.4 Å². The van der Waals surface area contributed by atoms with Crippen LogP contribution >= 0.6 is 12.2 Å². The summed E-state index contributed by atoms with van der Waals surface area (Å²) in [5.41, 5.74) is 3.16. The molecule has 0 saturated carbocycles.